The second-order valence-corrected chi connectivity index (χ2v) is 4.59. The predicted molar refractivity (Wildman–Crippen MR) is 77.0 cm³/mol. The van der Waals surface area contributed by atoms with Crippen LogP contribution in [0.15, 0.2) is 18.2 Å². The van der Waals surface area contributed by atoms with Crippen LogP contribution in [0.5, 0.6) is 0 Å². The summed E-state index contributed by atoms with van der Waals surface area (Å²) in [6.45, 7) is 0.569. The second-order valence-electron chi connectivity index (χ2n) is 4.59. The fourth-order valence-corrected chi connectivity index (χ4v) is 1.88. The molecule has 0 unspecified atom stereocenters. The van der Waals surface area contributed by atoms with Crippen molar-refractivity contribution in [3.63, 3.8) is 0 Å². The topological polar surface area (TPSA) is 116 Å². The fourth-order valence-electron chi connectivity index (χ4n) is 1.88. The average Bonchev–Trinajstić information content (AvgIpc) is 2.45. The van der Waals surface area contributed by atoms with Gasteiger partial charge in [-0.3, -0.25) is 14.9 Å². The van der Waals surface area contributed by atoms with Gasteiger partial charge in [-0.15, -0.1) is 0 Å². The lowest BCUT2D eigenvalue weighted by Gasteiger charge is -2.07. The molecule has 7 nitrogen and oxygen atoms in total. The molecule has 0 saturated heterocycles. The third-order valence-electron chi connectivity index (χ3n) is 2.96. The number of unbranched alkanes of at least 4 members (excludes halogenated alkanes) is 3. The summed E-state index contributed by atoms with van der Waals surface area (Å²) < 4.78 is 0. The summed E-state index contributed by atoms with van der Waals surface area (Å²) in [6, 6.07) is 6.17. The zero-order valence-electron chi connectivity index (χ0n) is 11.5. The molecule has 1 rings (SSSR count). The Hall–Kier alpha value is -2.62. The van der Waals surface area contributed by atoms with Crippen LogP contribution in [0.1, 0.15) is 37.7 Å². The van der Waals surface area contributed by atoms with Crippen LogP contribution in [0, 0.1) is 21.4 Å². The molecule has 7 heteroatoms. The molecule has 0 spiro atoms. The normalized spacial score (nSPS) is 9.86. The Kier molecular flexibility index (Phi) is 6.68. The molecule has 1 aromatic carbocycles. The van der Waals surface area contributed by atoms with Crippen molar-refractivity contribution >= 4 is 17.3 Å². The van der Waals surface area contributed by atoms with E-state index in [-0.39, 0.29) is 17.7 Å². The van der Waals surface area contributed by atoms with Gasteiger partial charge in [0.15, 0.2) is 0 Å². The van der Waals surface area contributed by atoms with Crippen LogP contribution in [0.2, 0.25) is 0 Å². The van der Waals surface area contributed by atoms with Crippen molar-refractivity contribution in [3.05, 3.63) is 33.9 Å². The first-order valence-corrected chi connectivity index (χ1v) is 6.69. The molecule has 0 bridgehead atoms. The van der Waals surface area contributed by atoms with Gasteiger partial charge in [0.05, 0.1) is 16.6 Å². The molecule has 0 heterocycles. The van der Waals surface area contributed by atoms with Crippen molar-refractivity contribution in [1.82, 2.24) is 0 Å². The number of nitro groups is 1. The summed E-state index contributed by atoms with van der Waals surface area (Å²) in [4.78, 5) is 20.7. The molecule has 0 amide bonds. The lowest BCUT2D eigenvalue weighted by molar-refractivity contribution is -0.384. The summed E-state index contributed by atoms with van der Waals surface area (Å²) in [7, 11) is 0. The minimum atomic E-state index is -0.790. The van der Waals surface area contributed by atoms with Gasteiger partial charge in [0.1, 0.15) is 5.69 Å². The maximum atomic E-state index is 10.9. The van der Waals surface area contributed by atoms with E-state index < -0.39 is 10.9 Å². The lowest BCUT2D eigenvalue weighted by atomic mass is 10.1. The molecule has 0 saturated carbocycles. The molecule has 0 fully saturated rings. The zero-order chi connectivity index (χ0) is 15.7. The summed E-state index contributed by atoms with van der Waals surface area (Å²) in [6.07, 6.45) is 3.31. The number of carboxylic acid groups (broad SMARTS) is 1. The number of hydrogen-bond donors (Lipinski definition) is 2. The van der Waals surface area contributed by atoms with Crippen molar-refractivity contribution < 1.29 is 14.8 Å². The van der Waals surface area contributed by atoms with Crippen LogP contribution in [-0.4, -0.2) is 22.5 Å². The number of hydrogen-bond acceptors (Lipinski definition) is 5. The van der Waals surface area contributed by atoms with E-state index in [0.29, 0.717) is 18.7 Å². The summed E-state index contributed by atoms with van der Waals surface area (Å²) in [5.41, 5.74) is 0.533. The van der Waals surface area contributed by atoms with Crippen LogP contribution in [-0.2, 0) is 4.79 Å². The van der Waals surface area contributed by atoms with Gasteiger partial charge in [-0.05, 0) is 25.0 Å². The molecule has 1 aromatic rings. The van der Waals surface area contributed by atoms with E-state index in [4.69, 9.17) is 10.4 Å². The highest BCUT2D eigenvalue weighted by molar-refractivity contribution is 5.66. The van der Waals surface area contributed by atoms with Crippen molar-refractivity contribution in [2.75, 3.05) is 11.9 Å². The highest BCUT2D eigenvalue weighted by Crippen LogP contribution is 2.25. The zero-order valence-corrected chi connectivity index (χ0v) is 11.5. The van der Waals surface area contributed by atoms with Gasteiger partial charge in [0.2, 0.25) is 0 Å². The maximum Gasteiger partial charge on any atom is 0.303 e. The number of nitro benzene ring substituents is 1. The van der Waals surface area contributed by atoms with Crippen molar-refractivity contribution in [2.24, 2.45) is 0 Å². The number of carboxylic acids is 1. The van der Waals surface area contributed by atoms with E-state index in [1.807, 2.05) is 6.07 Å². The first kappa shape index (κ1) is 16.4. The predicted octanol–water partition coefficient (Wildman–Crippen LogP) is 2.91. The molecule has 21 heavy (non-hydrogen) atoms. The van der Waals surface area contributed by atoms with Crippen LogP contribution < -0.4 is 5.32 Å². The number of nitrogens with zero attached hydrogens (tertiary/aromatic N) is 2. The molecule has 0 atom stereocenters. The quantitative estimate of drug-likeness (QED) is 0.410. The SMILES string of the molecule is N#Cc1ccc(NCCCCCCC(=O)O)c([N+](=O)[O-])c1. The van der Waals surface area contributed by atoms with Crippen LogP contribution >= 0.6 is 0 Å². The number of rotatable bonds is 9. The fraction of sp³-hybridized carbons (Fsp3) is 0.429. The number of nitrogens with one attached hydrogen (secondary N) is 1. The van der Waals surface area contributed by atoms with Crippen LogP contribution in [0.4, 0.5) is 11.4 Å². The van der Waals surface area contributed by atoms with Gasteiger partial charge in [0.25, 0.3) is 5.69 Å². The number of anilines is 1. The van der Waals surface area contributed by atoms with E-state index in [1.54, 1.807) is 0 Å². The molecule has 0 aliphatic rings. The molecule has 112 valence electrons. The van der Waals surface area contributed by atoms with Gasteiger partial charge in [-0.2, -0.15) is 5.26 Å². The second kappa shape index (κ2) is 8.53. The Morgan fingerprint density at radius 1 is 1.33 bits per heavy atom. The first-order valence-electron chi connectivity index (χ1n) is 6.69. The summed E-state index contributed by atoms with van der Waals surface area (Å²) >= 11 is 0. The van der Waals surface area contributed by atoms with Gasteiger partial charge in [0, 0.05) is 19.0 Å². The van der Waals surface area contributed by atoms with E-state index >= 15 is 0 Å². The molecule has 0 radical (unpaired) electrons. The highest BCUT2D eigenvalue weighted by atomic mass is 16.6. The molecular weight excluding hydrogens is 274 g/mol. The maximum absolute atomic E-state index is 10.9. The number of nitriles is 1. The van der Waals surface area contributed by atoms with E-state index in [9.17, 15) is 14.9 Å². The Labute approximate surface area is 122 Å². The number of benzene rings is 1. The highest BCUT2D eigenvalue weighted by Gasteiger charge is 2.13. The third-order valence-corrected chi connectivity index (χ3v) is 2.96. The van der Waals surface area contributed by atoms with Crippen molar-refractivity contribution in [1.29, 1.82) is 5.26 Å². The van der Waals surface area contributed by atoms with E-state index in [1.165, 1.54) is 18.2 Å². The first-order chi connectivity index (χ1) is 10.0. The molecule has 0 aromatic heterocycles. The van der Waals surface area contributed by atoms with Crippen molar-refractivity contribution in [2.45, 2.75) is 32.1 Å². The summed E-state index contributed by atoms with van der Waals surface area (Å²) in [5.74, 6) is -0.790. The number of carbonyl (C=O) groups is 1. The molecule has 2 N–H and O–H groups in total. The Morgan fingerprint density at radius 3 is 2.67 bits per heavy atom. The molecule has 0 aliphatic heterocycles. The van der Waals surface area contributed by atoms with Crippen molar-refractivity contribution in [3.8, 4) is 6.07 Å². The number of aliphatic carboxylic acids is 1. The van der Waals surface area contributed by atoms with Gasteiger partial charge in [-0.25, -0.2) is 0 Å². The monoisotopic (exact) mass is 291 g/mol. The Bertz CT molecular complexity index is 552. The van der Waals surface area contributed by atoms with Crippen LogP contribution in [0.3, 0.4) is 0 Å². The van der Waals surface area contributed by atoms with Crippen LogP contribution in [0.25, 0.3) is 0 Å². The molecular formula is C14H17N3O4. The largest absolute Gasteiger partial charge is 0.481 e. The van der Waals surface area contributed by atoms with E-state index in [2.05, 4.69) is 5.32 Å². The Balaban J connectivity index is 2.40. The van der Waals surface area contributed by atoms with E-state index in [0.717, 1.165) is 19.3 Å². The Morgan fingerprint density at radius 2 is 2.05 bits per heavy atom. The van der Waals surface area contributed by atoms with Gasteiger partial charge in [-0.1, -0.05) is 12.8 Å². The summed E-state index contributed by atoms with van der Waals surface area (Å²) in [5, 5.41) is 31.1. The van der Waals surface area contributed by atoms with Gasteiger partial charge < -0.3 is 10.4 Å². The standard InChI is InChI=1S/C14H17N3O4/c15-10-11-6-7-12(13(9-11)17(20)21)16-8-4-2-1-3-5-14(18)19/h6-7,9,16H,1-5,8H2,(H,18,19). The smallest absolute Gasteiger partial charge is 0.303 e. The minimum absolute atomic E-state index is 0.111. The third kappa shape index (κ3) is 5.91. The average molecular weight is 291 g/mol. The lowest BCUT2D eigenvalue weighted by Crippen LogP contribution is -2.04. The molecule has 0 aliphatic carbocycles. The minimum Gasteiger partial charge on any atom is -0.481 e. The van der Waals surface area contributed by atoms with Gasteiger partial charge >= 0.3 is 5.97 Å².